The number of ether oxygens (including phenoxy) is 2. The quantitative estimate of drug-likeness (QED) is 0.421. The smallest absolute Gasteiger partial charge is 0.416 e. The number of halogens is 4. The topological polar surface area (TPSA) is 73.7 Å². The van der Waals surface area contributed by atoms with Crippen molar-refractivity contribution in [3.05, 3.63) is 69.0 Å². The number of hydrogen-bond acceptors (Lipinski definition) is 5. The normalized spacial score (nSPS) is 19.0. The molecule has 0 radical (unpaired) electrons. The number of nitrogens with zero attached hydrogens (tertiary/aromatic N) is 3. The highest BCUT2D eigenvalue weighted by Crippen LogP contribution is 2.39. The van der Waals surface area contributed by atoms with Crippen molar-refractivity contribution in [3.63, 3.8) is 0 Å². The van der Waals surface area contributed by atoms with E-state index >= 15 is 4.39 Å². The lowest BCUT2D eigenvalue weighted by atomic mass is 9.97. The first kappa shape index (κ1) is 27.6. The number of fused-ring (bicyclic) bond motifs is 1. The van der Waals surface area contributed by atoms with Crippen LogP contribution in [0, 0.1) is 12.7 Å². The first-order chi connectivity index (χ1) is 17.8. The molecule has 1 aliphatic rings. The lowest BCUT2D eigenvalue weighted by molar-refractivity contribution is -0.139. The molecule has 1 aromatic heterocycles. The van der Waals surface area contributed by atoms with Crippen molar-refractivity contribution in [1.29, 1.82) is 0 Å². The molecule has 11 heteroatoms. The van der Waals surface area contributed by atoms with Crippen LogP contribution in [0.1, 0.15) is 60.6 Å². The van der Waals surface area contributed by atoms with E-state index in [-0.39, 0.29) is 58.1 Å². The van der Waals surface area contributed by atoms with Crippen molar-refractivity contribution >= 4 is 16.8 Å². The molecule has 3 atom stereocenters. The Morgan fingerprint density at radius 2 is 1.84 bits per heavy atom. The minimum absolute atomic E-state index is 0.00136. The number of morpholine rings is 1. The predicted octanol–water partition coefficient (Wildman–Crippen LogP) is 5.18. The molecule has 0 bridgehead atoms. The van der Waals surface area contributed by atoms with Crippen molar-refractivity contribution in [2.45, 2.75) is 58.6 Å². The van der Waals surface area contributed by atoms with Gasteiger partial charge in [-0.25, -0.2) is 9.37 Å². The number of rotatable bonds is 5. The van der Waals surface area contributed by atoms with Gasteiger partial charge in [0.2, 0.25) is 0 Å². The number of carbonyl (C=O) groups is 1. The zero-order valence-corrected chi connectivity index (χ0v) is 21.7. The molecular formula is C27H29F4N3O4. The summed E-state index contributed by atoms with van der Waals surface area (Å²) in [6.45, 7) is 7.52. The minimum Gasteiger partial charge on any atom is -0.483 e. The van der Waals surface area contributed by atoms with E-state index < -0.39 is 29.2 Å². The van der Waals surface area contributed by atoms with Crippen LogP contribution in [0.2, 0.25) is 0 Å². The van der Waals surface area contributed by atoms with Gasteiger partial charge in [0.1, 0.15) is 11.9 Å². The Morgan fingerprint density at radius 1 is 1.18 bits per heavy atom. The summed E-state index contributed by atoms with van der Waals surface area (Å²) in [6, 6.07) is 5.58. The second-order valence-corrected chi connectivity index (χ2v) is 9.60. The van der Waals surface area contributed by atoms with Gasteiger partial charge in [-0.3, -0.25) is 14.2 Å². The number of benzene rings is 2. The Bertz CT molecular complexity index is 1430. The number of hydrogen-bond donors (Lipinski definition) is 0. The molecule has 0 N–H and O–H groups in total. The van der Waals surface area contributed by atoms with Crippen LogP contribution < -0.4 is 10.3 Å². The Balaban J connectivity index is 1.69. The van der Waals surface area contributed by atoms with E-state index in [0.29, 0.717) is 13.1 Å². The molecule has 1 amide bonds. The van der Waals surface area contributed by atoms with Crippen LogP contribution in [0.25, 0.3) is 10.9 Å². The molecule has 0 unspecified atom stereocenters. The van der Waals surface area contributed by atoms with E-state index in [1.54, 1.807) is 11.8 Å². The maximum absolute atomic E-state index is 15.1. The van der Waals surface area contributed by atoms with Crippen LogP contribution in [-0.4, -0.2) is 45.7 Å². The van der Waals surface area contributed by atoms with Crippen LogP contribution in [-0.2, 0) is 18.0 Å². The van der Waals surface area contributed by atoms with Gasteiger partial charge in [-0.05, 0) is 57.5 Å². The molecule has 0 saturated carbocycles. The first-order valence-corrected chi connectivity index (χ1v) is 12.3. The minimum atomic E-state index is -4.77. The van der Waals surface area contributed by atoms with Crippen LogP contribution in [0.4, 0.5) is 17.6 Å². The second-order valence-electron chi connectivity index (χ2n) is 9.60. The summed E-state index contributed by atoms with van der Waals surface area (Å²) in [7, 11) is 1.48. The van der Waals surface area contributed by atoms with E-state index in [4.69, 9.17) is 9.47 Å². The fourth-order valence-corrected chi connectivity index (χ4v) is 4.73. The van der Waals surface area contributed by atoms with E-state index in [9.17, 15) is 22.8 Å². The molecule has 7 nitrogen and oxygen atoms in total. The Morgan fingerprint density at radius 3 is 2.42 bits per heavy atom. The van der Waals surface area contributed by atoms with Crippen LogP contribution >= 0.6 is 0 Å². The molecule has 1 aliphatic heterocycles. The van der Waals surface area contributed by atoms with E-state index in [1.807, 2.05) is 13.8 Å². The number of aryl methyl sites for hydroxylation is 1. The molecule has 3 aromatic rings. The lowest BCUT2D eigenvalue weighted by Crippen LogP contribution is -2.48. The molecule has 1 saturated heterocycles. The number of aromatic nitrogens is 2. The molecule has 2 aromatic carbocycles. The molecule has 2 heterocycles. The fraction of sp³-hybridized carbons (Fsp3) is 0.444. The van der Waals surface area contributed by atoms with Crippen molar-refractivity contribution in [2.75, 3.05) is 13.1 Å². The predicted molar refractivity (Wildman–Crippen MR) is 133 cm³/mol. The number of alkyl halides is 3. The molecule has 0 spiro atoms. The summed E-state index contributed by atoms with van der Waals surface area (Å²) in [6.07, 6.45) is -6.27. The third kappa shape index (κ3) is 5.38. The fourth-order valence-electron chi connectivity index (χ4n) is 4.73. The monoisotopic (exact) mass is 535 g/mol. The summed E-state index contributed by atoms with van der Waals surface area (Å²) in [5, 5.41) is -0.00136. The van der Waals surface area contributed by atoms with Crippen LogP contribution in [0.5, 0.6) is 5.75 Å². The van der Waals surface area contributed by atoms with Crippen LogP contribution in [0.15, 0.2) is 35.1 Å². The zero-order valence-electron chi connectivity index (χ0n) is 21.7. The van der Waals surface area contributed by atoms with Gasteiger partial charge >= 0.3 is 6.18 Å². The molecule has 0 aliphatic carbocycles. The SMILES string of the molecule is CC[C@H](Oc1ccc(C(=O)N2C[C@@H](C)O[C@@H](C)C2)cc1F)c1cc2c(=O)n(C)c(C)nc2cc1C(F)(F)F. The van der Waals surface area contributed by atoms with E-state index in [1.165, 1.54) is 30.7 Å². The van der Waals surface area contributed by atoms with E-state index in [0.717, 1.165) is 18.2 Å². The standard InChI is InChI=1S/C27H29F4N3O4/c1-6-23(18-10-19-22(11-20(18)27(29,30)31)32-16(4)33(5)26(19)36)38-24-8-7-17(9-21(24)28)25(35)34-12-14(2)37-15(3)13-34/h7-11,14-15,23H,6,12-13H2,1-5H3/t14-,15+,23-/m0/s1. The number of carbonyl (C=O) groups excluding carboxylic acids is 1. The lowest BCUT2D eigenvalue weighted by Gasteiger charge is -2.35. The molecular weight excluding hydrogens is 506 g/mol. The summed E-state index contributed by atoms with van der Waals surface area (Å²) in [5.41, 5.74) is -1.81. The molecule has 38 heavy (non-hydrogen) atoms. The largest absolute Gasteiger partial charge is 0.483 e. The Labute approximate surface area is 217 Å². The molecule has 204 valence electrons. The zero-order chi connectivity index (χ0) is 27.9. The average Bonchev–Trinajstić information content (AvgIpc) is 2.84. The highest BCUT2D eigenvalue weighted by atomic mass is 19.4. The highest BCUT2D eigenvalue weighted by molar-refractivity contribution is 5.94. The van der Waals surface area contributed by atoms with Gasteiger partial charge < -0.3 is 14.4 Å². The van der Waals surface area contributed by atoms with Crippen molar-refractivity contribution in [3.8, 4) is 5.75 Å². The van der Waals surface area contributed by atoms with Gasteiger partial charge in [0.25, 0.3) is 11.5 Å². The van der Waals surface area contributed by atoms with Gasteiger partial charge in [-0.15, -0.1) is 0 Å². The van der Waals surface area contributed by atoms with Crippen molar-refractivity contribution in [2.24, 2.45) is 7.05 Å². The Hall–Kier alpha value is -3.47. The summed E-state index contributed by atoms with van der Waals surface area (Å²) in [5.74, 6) is -1.30. The summed E-state index contributed by atoms with van der Waals surface area (Å²) >= 11 is 0. The average molecular weight is 536 g/mol. The maximum atomic E-state index is 15.1. The third-order valence-electron chi connectivity index (χ3n) is 6.65. The maximum Gasteiger partial charge on any atom is 0.416 e. The van der Waals surface area contributed by atoms with Crippen molar-refractivity contribution in [1.82, 2.24) is 14.5 Å². The van der Waals surface area contributed by atoms with Crippen molar-refractivity contribution < 1.29 is 31.8 Å². The van der Waals surface area contributed by atoms with Crippen LogP contribution in [0.3, 0.4) is 0 Å². The highest BCUT2D eigenvalue weighted by Gasteiger charge is 2.37. The number of amides is 1. The Kier molecular flexibility index (Phi) is 7.51. The second kappa shape index (κ2) is 10.4. The molecule has 4 rings (SSSR count). The van der Waals surface area contributed by atoms with Gasteiger partial charge in [0.15, 0.2) is 11.6 Å². The van der Waals surface area contributed by atoms with E-state index in [2.05, 4.69) is 4.98 Å². The van der Waals surface area contributed by atoms with Gasteiger partial charge in [-0.2, -0.15) is 13.2 Å². The summed E-state index contributed by atoms with van der Waals surface area (Å²) < 4.78 is 69.8. The third-order valence-corrected chi connectivity index (χ3v) is 6.65. The van der Waals surface area contributed by atoms with Gasteiger partial charge in [0.05, 0.1) is 28.7 Å². The first-order valence-electron chi connectivity index (χ1n) is 12.3. The molecule has 1 fully saturated rings. The van der Waals surface area contributed by atoms with Gasteiger partial charge in [0, 0.05) is 31.3 Å². The summed E-state index contributed by atoms with van der Waals surface area (Å²) in [4.78, 5) is 31.4. The van der Waals surface area contributed by atoms with Gasteiger partial charge in [-0.1, -0.05) is 6.92 Å².